The zero-order chi connectivity index (χ0) is 15.0. The van der Waals surface area contributed by atoms with Gasteiger partial charge in [-0.2, -0.15) is 13.2 Å². The monoisotopic (exact) mass is 285 g/mol. The lowest BCUT2D eigenvalue weighted by Gasteiger charge is -2.41. The Morgan fingerprint density at radius 3 is 2.35 bits per heavy atom. The number of alkyl halides is 3. The van der Waals surface area contributed by atoms with E-state index in [-0.39, 0.29) is 18.5 Å². The highest BCUT2D eigenvalue weighted by Crippen LogP contribution is 2.50. The highest BCUT2D eigenvalue weighted by atomic mass is 19.4. The van der Waals surface area contributed by atoms with Crippen LogP contribution in [0.2, 0.25) is 0 Å². The minimum Gasteiger partial charge on any atom is -0.324 e. The van der Waals surface area contributed by atoms with Gasteiger partial charge >= 0.3 is 6.18 Å². The molecule has 0 N–H and O–H groups in total. The molecule has 0 radical (unpaired) electrons. The van der Waals surface area contributed by atoms with Crippen molar-refractivity contribution in [3.8, 4) is 0 Å². The summed E-state index contributed by atoms with van der Waals surface area (Å²) < 4.78 is 41.3. The quantitative estimate of drug-likeness (QED) is 0.811. The van der Waals surface area contributed by atoms with Crippen LogP contribution in [-0.4, -0.2) is 23.5 Å². The molecule has 1 saturated heterocycles. The molecule has 0 saturated carbocycles. The van der Waals surface area contributed by atoms with Crippen molar-refractivity contribution in [2.24, 2.45) is 5.92 Å². The number of rotatable bonds is 2. The van der Waals surface area contributed by atoms with Crippen LogP contribution in [0.1, 0.15) is 32.3 Å². The molecule has 1 unspecified atom stereocenters. The van der Waals surface area contributed by atoms with E-state index in [0.29, 0.717) is 6.42 Å². The van der Waals surface area contributed by atoms with Gasteiger partial charge in [-0.15, -0.1) is 0 Å². The predicted molar refractivity (Wildman–Crippen MR) is 70.0 cm³/mol. The molecular weight excluding hydrogens is 267 g/mol. The summed E-state index contributed by atoms with van der Waals surface area (Å²) in [5.41, 5.74) is -2.02. The van der Waals surface area contributed by atoms with Crippen LogP contribution in [-0.2, 0) is 10.3 Å². The van der Waals surface area contributed by atoms with Crippen molar-refractivity contribution in [3.05, 3.63) is 35.9 Å². The van der Waals surface area contributed by atoms with Crippen molar-refractivity contribution in [1.29, 1.82) is 0 Å². The van der Waals surface area contributed by atoms with Crippen LogP contribution in [0.5, 0.6) is 0 Å². The molecule has 2 nitrogen and oxygen atoms in total. The summed E-state index contributed by atoms with van der Waals surface area (Å²) in [5.74, 6) is -0.887. The van der Waals surface area contributed by atoms with E-state index in [1.165, 1.54) is 12.1 Å². The molecule has 0 aromatic heterocycles. The number of carbonyl (C=O) groups is 1. The molecule has 0 aliphatic carbocycles. The van der Waals surface area contributed by atoms with E-state index in [4.69, 9.17) is 0 Å². The molecule has 5 heteroatoms. The van der Waals surface area contributed by atoms with Gasteiger partial charge in [0.25, 0.3) is 0 Å². The molecule has 0 spiro atoms. The number of likely N-dealkylation sites (tertiary alicyclic amines) is 1. The van der Waals surface area contributed by atoms with E-state index in [1.807, 2.05) is 0 Å². The number of halogens is 3. The van der Waals surface area contributed by atoms with E-state index < -0.39 is 23.5 Å². The Balaban J connectivity index is 2.56. The van der Waals surface area contributed by atoms with E-state index >= 15 is 0 Å². The van der Waals surface area contributed by atoms with Gasteiger partial charge in [-0.3, -0.25) is 4.79 Å². The van der Waals surface area contributed by atoms with Gasteiger partial charge in [0.15, 0.2) is 5.54 Å². The SMILES string of the molecule is CC(C)C(=O)N1CCCC1(c1ccccc1)C(F)(F)F. The molecule has 1 aromatic carbocycles. The first-order chi connectivity index (χ1) is 9.30. The highest BCUT2D eigenvalue weighted by Gasteiger charge is 2.62. The average Bonchev–Trinajstić information content (AvgIpc) is 2.83. The lowest BCUT2D eigenvalue weighted by Crippen LogP contribution is -2.55. The first-order valence-electron chi connectivity index (χ1n) is 6.74. The molecular formula is C15H18F3NO. The van der Waals surface area contributed by atoms with Gasteiger partial charge in [0.1, 0.15) is 0 Å². The van der Waals surface area contributed by atoms with Gasteiger partial charge in [-0.1, -0.05) is 44.2 Å². The topological polar surface area (TPSA) is 20.3 Å². The maximum absolute atomic E-state index is 13.8. The molecule has 20 heavy (non-hydrogen) atoms. The third kappa shape index (κ3) is 2.19. The minimum absolute atomic E-state index is 0.0705. The Kier molecular flexibility index (Phi) is 3.80. The molecule has 1 aromatic rings. The van der Waals surface area contributed by atoms with Crippen LogP contribution >= 0.6 is 0 Å². The van der Waals surface area contributed by atoms with Gasteiger partial charge in [-0.05, 0) is 18.4 Å². The van der Waals surface area contributed by atoms with Crippen LogP contribution in [0.25, 0.3) is 0 Å². The summed E-state index contributed by atoms with van der Waals surface area (Å²) in [6.45, 7) is 3.42. The van der Waals surface area contributed by atoms with Crippen molar-refractivity contribution in [2.75, 3.05) is 6.54 Å². The Morgan fingerprint density at radius 1 is 1.25 bits per heavy atom. The molecule has 1 amide bonds. The fourth-order valence-electron chi connectivity index (χ4n) is 2.90. The standard InChI is InChI=1S/C15H18F3NO/c1-11(2)13(20)19-10-6-9-14(19,15(16,17)18)12-7-4-3-5-8-12/h3-5,7-8,11H,6,9-10H2,1-2H3. The molecule has 0 bridgehead atoms. The van der Waals surface area contributed by atoms with Crippen LogP contribution in [0.3, 0.4) is 0 Å². The molecule has 110 valence electrons. The Labute approximate surface area is 116 Å². The summed E-state index contributed by atoms with van der Waals surface area (Å²) in [5, 5.41) is 0. The molecule has 1 heterocycles. The molecule has 2 rings (SSSR count). The van der Waals surface area contributed by atoms with Crippen LogP contribution in [0.15, 0.2) is 30.3 Å². The zero-order valence-corrected chi connectivity index (χ0v) is 11.6. The zero-order valence-electron chi connectivity index (χ0n) is 11.6. The normalized spacial score (nSPS) is 23.4. The van der Waals surface area contributed by atoms with E-state index in [9.17, 15) is 18.0 Å². The fourth-order valence-corrected chi connectivity index (χ4v) is 2.90. The van der Waals surface area contributed by atoms with Gasteiger partial charge < -0.3 is 4.90 Å². The number of nitrogens with zero attached hydrogens (tertiary/aromatic N) is 1. The summed E-state index contributed by atoms with van der Waals surface area (Å²) in [4.78, 5) is 13.2. The van der Waals surface area contributed by atoms with Crippen LogP contribution < -0.4 is 0 Å². The Hall–Kier alpha value is -1.52. The Morgan fingerprint density at radius 2 is 1.85 bits per heavy atom. The van der Waals surface area contributed by atoms with Crippen molar-refractivity contribution >= 4 is 5.91 Å². The number of hydrogen-bond acceptors (Lipinski definition) is 1. The lowest BCUT2D eigenvalue weighted by atomic mass is 9.85. The van der Waals surface area contributed by atoms with E-state index in [2.05, 4.69) is 0 Å². The molecule has 1 aliphatic rings. The lowest BCUT2D eigenvalue weighted by molar-refractivity contribution is -0.229. The van der Waals surface area contributed by atoms with Crippen molar-refractivity contribution in [3.63, 3.8) is 0 Å². The second kappa shape index (κ2) is 5.11. The smallest absolute Gasteiger partial charge is 0.324 e. The number of amides is 1. The average molecular weight is 285 g/mol. The van der Waals surface area contributed by atoms with E-state index in [0.717, 1.165) is 4.90 Å². The summed E-state index contributed by atoms with van der Waals surface area (Å²) in [6.07, 6.45) is -4.18. The van der Waals surface area contributed by atoms with Crippen LogP contribution in [0.4, 0.5) is 13.2 Å². The second-order valence-corrected chi connectivity index (χ2v) is 5.47. The van der Waals surface area contributed by atoms with Gasteiger partial charge in [0.2, 0.25) is 5.91 Å². The predicted octanol–water partition coefficient (Wildman–Crippen LogP) is 3.72. The summed E-state index contributed by atoms with van der Waals surface area (Å²) in [6, 6.07) is 7.76. The molecule has 1 aliphatic heterocycles. The third-order valence-electron chi connectivity index (χ3n) is 3.86. The maximum atomic E-state index is 13.8. The minimum atomic E-state index is -4.48. The molecule has 1 atom stereocenters. The number of hydrogen-bond donors (Lipinski definition) is 0. The highest BCUT2D eigenvalue weighted by molar-refractivity contribution is 5.79. The van der Waals surface area contributed by atoms with Crippen molar-refractivity contribution in [2.45, 2.75) is 38.4 Å². The largest absolute Gasteiger partial charge is 0.415 e. The van der Waals surface area contributed by atoms with Crippen molar-refractivity contribution in [1.82, 2.24) is 4.90 Å². The molecule has 1 fully saturated rings. The third-order valence-corrected chi connectivity index (χ3v) is 3.86. The second-order valence-electron chi connectivity index (χ2n) is 5.47. The van der Waals surface area contributed by atoms with Crippen molar-refractivity contribution < 1.29 is 18.0 Å². The van der Waals surface area contributed by atoms with Crippen LogP contribution in [0, 0.1) is 5.92 Å². The van der Waals surface area contributed by atoms with Gasteiger partial charge in [-0.25, -0.2) is 0 Å². The summed E-state index contributed by atoms with van der Waals surface area (Å²) >= 11 is 0. The number of benzene rings is 1. The maximum Gasteiger partial charge on any atom is 0.415 e. The van der Waals surface area contributed by atoms with E-state index in [1.54, 1.807) is 32.0 Å². The fraction of sp³-hybridized carbons (Fsp3) is 0.533. The van der Waals surface area contributed by atoms with Gasteiger partial charge in [0.05, 0.1) is 0 Å². The first-order valence-corrected chi connectivity index (χ1v) is 6.74. The number of carbonyl (C=O) groups excluding carboxylic acids is 1. The summed E-state index contributed by atoms with van der Waals surface area (Å²) in [7, 11) is 0. The Bertz CT molecular complexity index is 484. The van der Waals surface area contributed by atoms with Gasteiger partial charge in [0, 0.05) is 12.5 Å². The first kappa shape index (κ1) is 14.9.